The summed E-state index contributed by atoms with van der Waals surface area (Å²) in [5.74, 6) is -0.501. The van der Waals surface area contributed by atoms with E-state index in [1.165, 1.54) is 17.8 Å². The maximum absolute atomic E-state index is 11.6. The largest absolute Gasteiger partial charge is 0.462 e. The molecular weight excluding hydrogens is 324 g/mol. The zero-order valence-corrected chi connectivity index (χ0v) is 12.7. The summed E-state index contributed by atoms with van der Waals surface area (Å²) < 4.78 is 7.23. The maximum Gasteiger partial charge on any atom is 0.341 e. The average molecular weight is 337 g/mol. The van der Waals surface area contributed by atoms with Crippen LogP contribution in [0.4, 0.5) is 0 Å². The molecule has 0 radical (unpaired) electrons. The van der Waals surface area contributed by atoms with E-state index in [1.54, 1.807) is 31.3 Å². The fraction of sp³-hybridized carbons (Fsp3) is 0.214. The zero-order chi connectivity index (χ0) is 14.7. The van der Waals surface area contributed by atoms with Gasteiger partial charge in [0.15, 0.2) is 5.78 Å². The number of hydrogen-bond donors (Lipinski definition) is 0. The molecule has 0 atom stereocenters. The third-order valence-electron chi connectivity index (χ3n) is 2.68. The van der Waals surface area contributed by atoms with Gasteiger partial charge in [0.2, 0.25) is 0 Å². The second-order valence-electron chi connectivity index (χ2n) is 4.11. The molecule has 1 aromatic heterocycles. The molecule has 1 aromatic carbocycles. The van der Waals surface area contributed by atoms with E-state index in [4.69, 9.17) is 4.74 Å². The minimum atomic E-state index is -0.432. The number of rotatable bonds is 4. The molecule has 0 unspecified atom stereocenters. The van der Waals surface area contributed by atoms with E-state index in [9.17, 15) is 9.59 Å². The molecule has 0 saturated heterocycles. The van der Waals surface area contributed by atoms with Crippen molar-refractivity contribution in [1.29, 1.82) is 0 Å². The quantitative estimate of drug-likeness (QED) is 0.636. The lowest BCUT2D eigenvalue weighted by atomic mass is 10.1. The van der Waals surface area contributed by atoms with Crippen LogP contribution in [-0.2, 0) is 4.74 Å². The topological polar surface area (TPSA) is 61.2 Å². The van der Waals surface area contributed by atoms with Crippen molar-refractivity contribution in [2.75, 3.05) is 6.61 Å². The molecule has 0 fully saturated rings. The summed E-state index contributed by atoms with van der Waals surface area (Å²) in [4.78, 5) is 23.3. The summed E-state index contributed by atoms with van der Waals surface area (Å²) >= 11 is 3.36. The van der Waals surface area contributed by atoms with Gasteiger partial charge in [-0.25, -0.2) is 9.48 Å². The minimum absolute atomic E-state index is 0.0688. The summed E-state index contributed by atoms with van der Waals surface area (Å²) in [6.07, 6.45) is 2.97. The molecule has 0 saturated carbocycles. The smallest absolute Gasteiger partial charge is 0.341 e. The molecule has 0 aliphatic rings. The van der Waals surface area contributed by atoms with Crippen LogP contribution in [0.3, 0.4) is 0 Å². The van der Waals surface area contributed by atoms with E-state index in [1.807, 2.05) is 0 Å². The van der Waals surface area contributed by atoms with Crippen LogP contribution in [0.15, 0.2) is 35.1 Å². The van der Waals surface area contributed by atoms with Crippen molar-refractivity contribution >= 4 is 27.7 Å². The Hall–Kier alpha value is -1.95. The normalized spacial score (nSPS) is 10.3. The van der Waals surface area contributed by atoms with Crippen molar-refractivity contribution in [3.63, 3.8) is 0 Å². The van der Waals surface area contributed by atoms with Gasteiger partial charge in [-0.15, -0.1) is 0 Å². The van der Waals surface area contributed by atoms with Gasteiger partial charge < -0.3 is 4.74 Å². The lowest BCUT2D eigenvalue weighted by molar-refractivity contribution is 0.0526. The lowest BCUT2D eigenvalue weighted by Gasteiger charge is -2.07. The Kier molecular flexibility index (Phi) is 4.34. The fourth-order valence-corrected chi connectivity index (χ4v) is 2.12. The van der Waals surface area contributed by atoms with E-state index in [0.717, 1.165) is 4.47 Å². The summed E-state index contributed by atoms with van der Waals surface area (Å²) in [6, 6.07) is 5.28. The molecule has 0 bridgehead atoms. The van der Waals surface area contributed by atoms with Gasteiger partial charge in [0, 0.05) is 16.2 Å². The molecule has 104 valence electrons. The Balaban J connectivity index is 2.44. The number of ketones is 1. The van der Waals surface area contributed by atoms with Gasteiger partial charge >= 0.3 is 5.97 Å². The second-order valence-corrected chi connectivity index (χ2v) is 5.03. The van der Waals surface area contributed by atoms with Crippen LogP contribution in [0, 0.1) is 0 Å². The third kappa shape index (κ3) is 2.96. The number of ether oxygens (including phenoxy) is 1. The molecule has 1 heterocycles. The van der Waals surface area contributed by atoms with Crippen LogP contribution in [0.5, 0.6) is 0 Å². The molecule has 0 spiro atoms. The molecule has 20 heavy (non-hydrogen) atoms. The Morgan fingerprint density at radius 1 is 1.40 bits per heavy atom. The fourth-order valence-electron chi connectivity index (χ4n) is 1.77. The Morgan fingerprint density at radius 3 is 2.80 bits per heavy atom. The van der Waals surface area contributed by atoms with Crippen LogP contribution in [0.2, 0.25) is 0 Å². The molecule has 2 rings (SSSR count). The average Bonchev–Trinajstić information content (AvgIpc) is 2.88. The summed E-state index contributed by atoms with van der Waals surface area (Å²) in [5, 5.41) is 4.12. The van der Waals surface area contributed by atoms with Crippen LogP contribution >= 0.6 is 15.9 Å². The number of esters is 1. The SMILES string of the molecule is CCOC(=O)c1cnn(-c2cc(Br)ccc2C(C)=O)c1. The Labute approximate surface area is 124 Å². The van der Waals surface area contributed by atoms with Crippen molar-refractivity contribution in [1.82, 2.24) is 9.78 Å². The zero-order valence-electron chi connectivity index (χ0n) is 11.1. The van der Waals surface area contributed by atoms with Crippen LogP contribution < -0.4 is 0 Å². The molecular formula is C14H13BrN2O3. The van der Waals surface area contributed by atoms with Crippen molar-refractivity contribution in [2.45, 2.75) is 13.8 Å². The number of nitrogens with zero attached hydrogens (tertiary/aromatic N) is 2. The highest BCUT2D eigenvalue weighted by Crippen LogP contribution is 2.21. The number of benzene rings is 1. The third-order valence-corrected chi connectivity index (χ3v) is 3.17. The monoisotopic (exact) mass is 336 g/mol. The highest BCUT2D eigenvalue weighted by atomic mass is 79.9. The van der Waals surface area contributed by atoms with Crippen molar-refractivity contribution in [2.24, 2.45) is 0 Å². The molecule has 5 nitrogen and oxygen atoms in total. The van der Waals surface area contributed by atoms with Gasteiger partial charge in [-0.2, -0.15) is 5.10 Å². The van der Waals surface area contributed by atoms with Gasteiger partial charge in [0.1, 0.15) is 0 Å². The lowest BCUT2D eigenvalue weighted by Crippen LogP contribution is -2.05. The molecule has 6 heteroatoms. The molecule has 0 aliphatic carbocycles. The summed E-state index contributed by atoms with van der Waals surface area (Å²) in [5.41, 5.74) is 1.50. The van der Waals surface area contributed by atoms with Crippen molar-refractivity contribution < 1.29 is 14.3 Å². The molecule has 2 aromatic rings. The highest BCUT2D eigenvalue weighted by molar-refractivity contribution is 9.10. The first-order chi connectivity index (χ1) is 9.52. The van der Waals surface area contributed by atoms with Gasteiger partial charge in [0.25, 0.3) is 0 Å². The van der Waals surface area contributed by atoms with Crippen LogP contribution in [0.25, 0.3) is 5.69 Å². The first kappa shape index (κ1) is 14.5. The van der Waals surface area contributed by atoms with E-state index in [-0.39, 0.29) is 5.78 Å². The highest BCUT2D eigenvalue weighted by Gasteiger charge is 2.14. The Morgan fingerprint density at radius 2 is 2.15 bits per heavy atom. The van der Waals surface area contributed by atoms with Crippen molar-refractivity contribution in [3.05, 3.63) is 46.2 Å². The van der Waals surface area contributed by atoms with E-state index in [2.05, 4.69) is 21.0 Å². The van der Waals surface area contributed by atoms with Crippen LogP contribution in [-0.4, -0.2) is 28.1 Å². The van der Waals surface area contributed by atoms with Gasteiger partial charge in [-0.05, 0) is 32.0 Å². The van der Waals surface area contributed by atoms with E-state index < -0.39 is 5.97 Å². The van der Waals surface area contributed by atoms with Crippen molar-refractivity contribution in [3.8, 4) is 5.69 Å². The number of Topliss-reactive ketones (excluding diaryl/α,β-unsaturated/α-hetero) is 1. The van der Waals surface area contributed by atoms with E-state index in [0.29, 0.717) is 23.4 Å². The predicted octanol–water partition coefficient (Wildman–Crippen LogP) is 3.01. The van der Waals surface area contributed by atoms with Gasteiger partial charge in [0.05, 0.1) is 24.1 Å². The van der Waals surface area contributed by atoms with Gasteiger partial charge in [-0.1, -0.05) is 15.9 Å². The Bertz CT molecular complexity index is 664. The number of aromatic nitrogens is 2. The van der Waals surface area contributed by atoms with Crippen LogP contribution in [0.1, 0.15) is 34.6 Å². The number of carbonyl (C=O) groups excluding carboxylic acids is 2. The predicted molar refractivity (Wildman–Crippen MR) is 77.2 cm³/mol. The molecule has 0 aliphatic heterocycles. The first-order valence-electron chi connectivity index (χ1n) is 6.05. The number of carbonyl (C=O) groups is 2. The molecule has 0 amide bonds. The van der Waals surface area contributed by atoms with E-state index >= 15 is 0 Å². The second kappa shape index (κ2) is 6.00. The minimum Gasteiger partial charge on any atom is -0.462 e. The standard InChI is InChI=1S/C14H13BrN2O3/c1-3-20-14(19)10-7-16-17(8-10)13-6-11(15)4-5-12(13)9(2)18/h4-8H,3H2,1-2H3. The number of hydrogen-bond acceptors (Lipinski definition) is 4. The maximum atomic E-state index is 11.6. The molecule has 0 N–H and O–H groups in total. The van der Waals surface area contributed by atoms with Gasteiger partial charge in [-0.3, -0.25) is 4.79 Å². The number of halogens is 1. The first-order valence-corrected chi connectivity index (χ1v) is 6.85. The summed E-state index contributed by atoms with van der Waals surface area (Å²) in [6.45, 7) is 3.53. The summed E-state index contributed by atoms with van der Waals surface area (Å²) in [7, 11) is 0.